The molecule has 2 N–H and O–H groups in total. The van der Waals surface area contributed by atoms with Crippen molar-refractivity contribution in [3.8, 4) is 0 Å². The molecule has 1 aliphatic heterocycles. The second-order valence-corrected chi connectivity index (χ2v) is 7.05. The zero-order chi connectivity index (χ0) is 16.7. The summed E-state index contributed by atoms with van der Waals surface area (Å²) < 4.78 is 32.0. The average Bonchev–Trinajstić information content (AvgIpc) is 2.59. The van der Waals surface area contributed by atoms with Crippen LogP contribution in [0.15, 0.2) is 29.2 Å². The fourth-order valence-electron chi connectivity index (χ4n) is 2.28. The van der Waals surface area contributed by atoms with Gasteiger partial charge in [0.2, 0.25) is 10.0 Å². The molecule has 2 rings (SSSR count). The highest BCUT2D eigenvalue weighted by molar-refractivity contribution is 7.89. The van der Waals surface area contributed by atoms with Gasteiger partial charge in [0.25, 0.3) is 5.91 Å². The first kappa shape index (κ1) is 17.9. The van der Waals surface area contributed by atoms with Gasteiger partial charge in [-0.15, -0.1) is 0 Å². The molecular formula is C15H23N3O4S. The van der Waals surface area contributed by atoms with E-state index in [0.717, 1.165) is 6.54 Å². The molecule has 0 aliphatic carbocycles. The molecule has 1 amide bonds. The summed E-state index contributed by atoms with van der Waals surface area (Å²) in [6.07, 6.45) is 0.712. The van der Waals surface area contributed by atoms with E-state index >= 15 is 0 Å². The summed E-state index contributed by atoms with van der Waals surface area (Å²) in [4.78, 5) is 14.2. The Labute approximate surface area is 137 Å². The number of nitrogens with zero attached hydrogens (tertiary/aromatic N) is 1. The fourth-order valence-corrected chi connectivity index (χ4v) is 3.35. The standard InChI is InChI=1S/C15H23N3O4S/c1-16-7-2-8-17-23(20,21)14-5-3-13(4-6-14)15(19)18-9-11-22-12-10-18/h3-6,16-17H,2,7-12H2,1H3. The van der Waals surface area contributed by atoms with Crippen LogP contribution in [0.25, 0.3) is 0 Å². The predicted octanol–water partition coefficient (Wildman–Crippen LogP) is 0.0468. The molecule has 23 heavy (non-hydrogen) atoms. The van der Waals surface area contributed by atoms with Crippen molar-refractivity contribution >= 4 is 15.9 Å². The molecule has 0 bridgehead atoms. The molecule has 1 saturated heterocycles. The number of nitrogens with one attached hydrogen (secondary N) is 2. The number of sulfonamides is 1. The maximum atomic E-state index is 12.3. The summed E-state index contributed by atoms with van der Waals surface area (Å²) in [5.74, 6) is -0.0979. The molecule has 8 heteroatoms. The van der Waals surface area contributed by atoms with E-state index in [1.165, 1.54) is 12.1 Å². The largest absolute Gasteiger partial charge is 0.378 e. The van der Waals surface area contributed by atoms with E-state index in [4.69, 9.17) is 4.74 Å². The third-order valence-electron chi connectivity index (χ3n) is 3.61. The van der Waals surface area contributed by atoms with Gasteiger partial charge in [-0.25, -0.2) is 13.1 Å². The molecule has 0 saturated carbocycles. The number of hydrogen-bond acceptors (Lipinski definition) is 5. The van der Waals surface area contributed by atoms with Gasteiger partial charge in [0.05, 0.1) is 18.1 Å². The van der Waals surface area contributed by atoms with Crippen molar-refractivity contribution in [2.75, 3.05) is 46.4 Å². The summed E-state index contributed by atoms with van der Waals surface area (Å²) in [6.45, 7) is 3.31. The van der Waals surface area contributed by atoms with E-state index in [2.05, 4.69) is 10.0 Å². The van der Waals surface area contributed by atoms with Crippen LogP contribution in [-0.4, -0.2) is 65.7 Å². The lowest BCUT2D eigenvalue weighted by atomic mass is 10.2. The molecule has 1 heterocycles. The second kappa shape index (κ2) is 8.39. The topological polar surface area (TPSA) is 87.7 Å². The minimum absolute atomic E-state index is 0.0979. The van der Waals surface area contributed by atoms with Crippen LogP contribution in [0.2, 0.25) is 0 Å². The van der Waals surface area contributed by atoms with Crippen LogP contribution >= 0.6 is 0 Å². The van der Waals surface area contributed by atoms with E-state index in [-0.39, 0.29) is 10.8 Å². The molecule has 1 fully saturated rings. The zero-order valence-corrected chi connectivity index (χ0v) is 14.1. The summed E-state index contributed by atoms with van der Waals surface area (Å²) in [6, 6.07) is 6.04. The molecule has 1 aromatic rings. The van der Waals surface area contributed by atoms with Crippen molar-refractivity contribution in [1.29, 1.82) is 0 Å². The number of carbonyl (C=O) groups excluding carboxylic acids is 1. The number of rotatable bonds is 7. The maximum Gasteiger partial charge on any atom is 0.254 e. The first-order valence-electron chi connectivity index (χ1n) is 7.66. The Hall–Kier alpha value is -1.48. The lowest BCUT2D eigenvalue weighted by molar-refractivity contribution is 0.0303. The summed E-state index contributed by atoms with van der Waals surface area (Å²) in [5.41, 5.74) is 0.487. The fraction of sp³-hybridized carbons (Fsp3) is 0.533. The Balaban J connectivity index is 1.99. The van der Waals surface area contributed by atoms with Gasteiger partial charge < -0.3 is 15.0 Å². The van der Waals surface area contributed by atoms with Crippen LogP contribution in [0, 0.1) is 0 Å². The Bertz CT molecular complexity index is 610. The number of ether oxygens (including phenoxy) is 1. The van der Waals surface area contributed by atoms with Gasteiger partial charge in [-0.1, -0.05) is 0 Å². The van der Waals surface area contributed by atoms with Crippen LogP contribution in [0.5, 0.6) is 0 Å². The molecule has 0 aromatic heterocycles. The van der Waals surface area contributed by atoms with Crippen LogP contribution < -0.4 is 10.0 Å². The first-order chi connectivity index (χ1) is 11.0. The number of morpholine rings is 1. The summed E-state index contributed by atoms with van der Waals surface area (Å²) >= 11 is 0. The quantitative estimate of drug-likeness (QED) is 0.684. The van der Waals surface area contributed by atoms with Crippen molar-refractivity contribution < 1.29 is 17.9 Å². The van der Waals surface area contributed by atoms with Gasteiger partial charge in [0.1, 0.15) is 0 Å². The molecule has 128 valence electrons. The minimum Gasteiger partial charge on any atom is -0.378 e. The Morgan fingerprint density at radius 3 is 2.43 bits per heavy atom. The lowest BCUT2D eigenvalue weighted by Gasteiger charge is -2.26. The third-order valence-corrected chi connectivity index (χ3v) is 5.08. The van der Waals surface area contributed by atoms with Gasteiger partial charge in [-0.05, 0) is 44.3 Å². The van der Waals surface area contributed by atoms with Crippen LogP contribution in [0.3, 0.4) is 0 Å². The van der Waals surface area contributed by atoms with Crippen molar-refractivity contribution in [3.63, 3.8) is 0 Å². The number of benzene rings is 1. The van der Waals surface area contributed by atoms with Crippen molar-refractivity contribution in [3.05, 3.63) is 29.8 Å². The SMILES string of the molecule is CNCCCNS(=O)(=O)c1ccc(C(=O)N2CCOCC2)cc1. The Morgan fingerprint density at radius 1 is 1.17 bits per heavy atom. The molecule has 1 aliphatic rings. The van der Waals surface area contributed by atoms with Gasteiger partial charge in [-0.3, -0.25) is 4.79 Å². The first-order valence-corrected chi connectivity index (χ1v) is 9.14. The highest BCUT2D eigenvalue weighted by Gasteiger charge is 2.19. The predicted molar refractivity (Wildman–Crippen MR) is 86.9 cm³/mol. The van der Waals surface area contributed by atoms with Crippen molar-refractivity contribution in [2.24, 2.45) is 0 Å². The van der Waals surface area contributed by atoms with E-state index in [0.29, 0.717) is 44.8 Å². The highest BCUT2D eigenvalue weighted by atomic mass is 32.2. The lowest BCUT2D eigenvalue weighted by Crippen LogP contribution is -2.40. The number of carbonyl (C=O) groups is 1. The van der Waals surface area contributed by atoms with Gasteiger partial charge in [0, 0.05) is 25.2 Å². The van der Waals surface area contributed by atoms with Crippen LogP contribution in [0.4, 0.5) is 0 Å². The van der Waals surface area contributed by atoms with E-state index in [1.807, 2.05) is 7.05 Å². The second-order valence-electron chi connectivity index (χ2n) is 5.28. The number of amides is 1. The zero-order valence-electron chi connectivity index (χ0n) is 13.2. The Morgan fingerprint density at radius 2 is 1.83 bits per heavy atom. The van der Waals surface area contributed by atoms with Crippen LogP contribution in [0.1, 0.15) is 16.8 Å². The van der Waals surface area contributed by atoms with Crippen LogP contribution in [-0.2, 0) is 14.8 Å². The number of hydrogen-bond donors (Lipinski definition) is 2. The molecule has 1 aromatic carbocycles. The van der Waals surface area contributed by atoms with Crippen molar-refractivity contribution in [1.82, 2.24) is 14.9 Å². The van der Waals surface area contributed by atoms with E-state index < -0.39 is 10.0 Å². The summed E-state index contributed by atoms with van der Waals surface area (Å²) in [5, 5.41) is 2.96. The van der Waals surface area contributed by atoms with E-state index in [1.54, 1.807) is 17.0 Å². The smallest absolute Gasteiger partial charge is 0.254 e. The van der Waals surface area contributed by atoms with Crippen molar-refractivity contribution in [2.45, 2.75) is 11.3 Å². The Kier molecular flexibility index (Phi) is 6.52. The molecule has 7 nitrogen and oxygen atoms in total. The third kappa shape index (κ3) is 5.00. The molecule has 0 atom stereocenters. The maximum absolute atomic E-state index is 12.3. The van der Waals surface area contributed by atoms with Gasteiger partial charge in [-0.2, -0.15) is 0 Å². The highest BCUT2D eigenvalue weighted by Crippen LogP contribution is 2.13. The monoisotopic (exact) mass is 341 g/mol. The normalized spacial score (nSPS) is 15.6. The molecule has 0 spiro atoms. The summed E-state index contributed by atoms with van der Waals surface area (Å²) in [7, 11) is -1.71. The molecule has 0 unspecified atom stereocenters. The molecule has 0 radical (unpaired) electrons. The molecular weight excluding hydrogens is 318 g/mol. The van der Waals surface area contributed by atoms with E-state index in [9.17, 15) is 13.2 Å². The average molecular weight is 341 g/mol. The van der Waals surface area contributed by atoms with Gasteiger partial charge in [0.15, 0.2) is 0 Å². The minimum atomic E-state index is -3.53. The van der Waals surface area contributed by atoms with Gasteiger partial charge >= 0.3 is 0 Å².